The third kappa shape index (κ3) is 8.09. The highest BCUT2D eigenvalue weighted by atomic mass is 32.2. The van der Waals surface area contributed by atoms with Crippen LogP contribution in [0.1, 0.15) is 96.2 Å². The number of methoxy groups -OCH3 is 1. The zero-order valence-corrected chi connectivity index (χ0v) is 24.4. The number of benzene rings is 2. The molecule has 3 rings (SSSR count). The Bertz CT molecular complexity index is 1360. The first-order valence-electron chi connectivity index (χ1n) is 13.8. The van der Waals surface area contributed by atoms with Crippen LogP contribution in [0.4, 0.5) is 0 Å². The minimum Gasteiger partial charge on any atom is -0.493 e. The maximum atomic E-state index is 13.7. The summed E-state index contributed by atoms with van der Waals surface area (Å²) in [7, 11) is -2.08. The Morgan fingerprint density at radius 3 is 2.30 bits per heavy atom. The summed E-state index contributed by atoms with van der Waals surface area (Å²) in [6.45, 7) is 2.42. The Morgan fingerprint density at radius 1 is 0.950 bits per heavy atom. The molecule has 0 saturated carbocycles. The predicted octanol–water partition coefficient (Wildman–Crippen LogP) is 4.94. The van der Waals surface area contributed by atoms with Crippen molar-refractivity contribution in [3.05, 3.63) is 58.7 Å². The third-order valence-electron chi connectivity index (χ3n) is 6.77. The van der Waals surface area contributed by atoms with Gasteiger partial charge in [-0.15, -0.1) is 0 Å². The van der Waals surface area contributed by atoms with Gasteiger partial charge in [0, 0.05) is 24.8 Å². The lowest BCUT2D eigenvalue weighted by Crippen LogP contribution is -2.37. The van der Waals surface area contributed by atoms with Crippen LogP contribution >= 0.6 is 0 Å². The number of rotatable bonds is 15. The summed E-state index contributed by atoms with van der Waals surface area (Å²) in [5, 5.41) is 8.84. The summed E-state index contributed by atoms with van der Waals surface area (Å²) >= 11 is 0. The largest absolute Gasteiger partial charge is 0.493 e. The molecule has 2 aromatic carbocycles. The fourth-order valence-electron chi connectivity index (χ4n) is 4.83. The number of carbonyl (C=O) groups is 2. The summed E-state index contributed by atoms with van der Waals surface area (Å²) in [5.41, 5.74) is 1.34. The Labute approximate surface area is 237 Å². The summed E-state index contributed by atoms with van der Waals surface area (Å²) in [5.74, 6) is 5.52. The second-order valence-electron chi connectivity index (χ2n) is 9.91. The molecule has 1 aliphatic heterocycles. The normalized spacial score (nSPS) is 13.6. The molecule has 0 bridgehead atoms. The van der Waals surface area contributed by atoms with Crippen molar-refractivity contribution in [2.24, 2.45) is 0 Å². The van der Waals surface area contributed by atoms with Crippen molar-refractivity contribution in [3.8, 4) is 23.3 Å². The molecule has 1 atom stereocenters. The molecule has 0 aromatic heterocycles. The number of fused-ring (bicyclic) bond motifs is 1. The number of nitrogens with zero attached hydrogens (tertiary/aromatic N) is 1. The summed E-state index contributed by atoms with van der Waals surface area (Å²) in [6.07, 6.45) is 9.05. The second-order valence-corrected chi connectivity index (χ2v) is 12.1. The molecule has 0 saturated heterocycles. The van der Waals surface area contributed by atoms with Crippen LogP contribution in [0.15, 0.2) is 36.4 Å². The van der Waals surface area contributed by atoms with E-state index in [2.05, 4.69) is 11.8 Å². The van der Waals surface area contributed by atoms with E-state index in [0.717, 1.165) is 56.1 Å². The zero-order valence-electron chi connectivity index (χ0n) is 23.6. The first-order valence-corrected chi connectivity index (χ1v) is 15.9. The van der Waals surface area contributed by atoms with Crippen molar-refractivity contribution in [1.29, 1.82) is 0 Å². The van der Waals surface area contributed by atoms with Crippen LogP contribution < -0.4 is 9.47 Å². The van der Waals surface area contributed by atoms with E-state index >= 15 is 0 Å². The van der Waals surface area contributed by atoms with Crippen LogP contribution in [0.5, 0.6) is 11.5 Å². The molecule has 9 heteroatoms. The molecule has 0 spiro atoms. The smallest absolute Gasteiger partial charge is 0.263 e. The van der Waals surface area contributed by atoms with Gasteiger partial charge in [-0.1, -0.05) is 56.1 Å². The molecule has 0 radical (unpaired) electrons. The fourth-order valence-corrected chi connectivity index (χ4v) is 5.75. The Hall–Kier alpha value is -3.35. The van der Waals surface area contributed by atoms with E-state index in [-0.39, 0.29) is 17.7 Å². The number of hydrogen-bond donors (Lipinski definition) is 1. The van der Waals surface area contributed by atoms with E-state index in [0.29, 0.717) is 35.7 Å². The topological polar surface area (TPSA) is 110 Å². The van der Waals surface area contributed by atoms with Crippen LogP contribution in [0.3, 0.4) is 0 Å². The van der Waals surface area contributed by atoms with Gasteiger partial charge in [0.1, 0.15) is 9.84 Å². The average molecular weight is 570 g/mol. The standard InChI is InChI=1S/C31H39NO7S/c1-4-39-28-21-24(18-19-27(28)38-2)26(22-40(3,36)37)32-30(34)25-17-14-16-23(29(25)31(32)35)15-12-10-8-6-5-7-9-11-13-20-33/h14,16-19,21,26,33H,4-11,13,20,22H2,1-3H3/t26-/m1/s1. The van der Waals surface area contributed by atoms with Crippen LogP contribution in [0.2, 0.25) is 0 Å². The van der Waals surface area contributed by atoms with Crippen LogP contribution in [0.25, 0.3) is 0 Å². The first kappa shape index (κ1) is 31.2. The molecular weight excluding hydrogens is 530 g/mol. The van der Waals surface area contributed by atoms with Gasteiger partial charge in [-0.2, -0.15) is 0 Å². The first-order chi connectivity index (χ1) is 19.2. The molecule has 2 amide bonds. The number of amides is 2. The van der Waals surface area contributed by atoms with Crippen molar-refractivity contribution in [1.82, 2.24) is 4.90 Å². The van der Waals surface area contributed by atoms with Gasteiger partial charge in [0.05, 0.1) is 36.6 Å². The number of imide groups is 1. The summed E-state index contributed by atoms with van der Waals surface area (Å²) < 4.78 is 35.9. The molecule has 1 heterocycles. The maximum absolute atomic E-state index is 13.7. The zero-order chi connectivity index (χ0) is 29.1. The molecule has 40 heavy (non-hydrogen) atoms. The molecule has 0 aliphatic carbocycles. The van der Waals surface area contributed by atoms with Crippen molar-refractivity contribution >= 4 is 21.7 Å². The number of sulfone groups is 1. The Balaban J connectivity index is 1.82. The van der Waals surface area contributed by atoms with E-state index in [9.17, 15) is 18.0 Å². The molecule has 2 aromatic rings. The molecule has 1 aliphatic rings. The van der Waals surface area contributed by atoms with E-state index in [1.165, 1.54) is 7.11 Å². The highest BCUT2D eigenvalue weighted by molar-refractivity contribution is 7.90. The number of aliphatic hydroxyl groups excluding tert-OH is 1. The fraction of sp³-hybridized carbons (Fsp3) is 0.484. The molecule has 0 unspecified atom stereocenters. The molecule has 1 N–H and O–H groups in total. The van der Waals surface area contributed by atoms with Crippen molar-refractivity contribution in [3.63, 3.8) is 0 Å². The van der Waals surface area contributed by atoms with Gasteiger partial charge in [-0.25, -0.2) is 8.42 Å². The summed E-state index contributed by atoms with van der Waals surface area (Å²) in [6, 6.07) is 8.84. The highest BCUT2D eigenvalue weighted by Gasteiger charge is 2.43. The second kappa shape index (κ2) is 14.9. The SMILES string of the molecule is CCOc1cc([C@@H](CS(C)(=O)=O)N2C(=O)c3cccc(C#CCCCCCCCCCO)c3C2=O)ccc1OC. The van der Waals surface area contributed by atoms with Gasteiger partial charge in [-0.05, 0) is 49.6 Å². The van der Waals surface area contributed by atoms with E-state index in [4.69, 9.17) is 14.6 Å². The lowest BCUT2D eigenvalue weighted by molar-refractivity contribution is 0.0597. The average Bonchev–Trinajstić information content (AvgIpc) is 3.18. The quantitative estimate of drug-likeness (QED) is 0.184. The minimum absolute atomic E-state index is 0.209. The van der Waals surface area contributed by atoms with Crippen LogP contribution in [-0.4, -0.2) is 62.6 Å². The number of unbranched alkanes of at least 4 members (excludes halogenated alkanes) is 7. The van der Waals surface area contributed by atoms with E-state index in [1.54, 1.807) is 36.4 Å². The van der Waals surface area contributed by atoms with Crippen molar-refractivity contribution in [2.45, 2.75) is 64.3 Å². The molecule has 8 nitrogen and oxygen atoms in total. The van der Waals surface area contributed by atoms with Gasteiger partial charge >= 0.3 is 0 Å². The third-order valence-corrected chi connectivity index (χ3v) is 7.70. The van der Waals surface area contributed by atoms with Crippen molar-refractivity contribution < 1.29 is 32.6 Å². The predicted molar refractivity (Wildman–Crippen MR) is 154 cm³/mol. The van der Waals surface area contributed by atoms with Gasteiger partial charge in [-0.3, -0.25) is 14.5 Å². The van der Waals surface area contributed by atoms with Crippen LogP contribution in [-0.2, 0) is 9.84 Å². The monoisotopic (exact) mass is 569 g/mol. The van der Waals surface area contributed by atoms with Gasteiger partial charge in [0.2, 0.25) is 0 Å². The lowest BCUT2D eigenvalue weighted by atomic mass is 10.0. The van der Waals surface area contributed by atoms with E-state index < -0.39 is 33.4 Å². The molecule has 216 valence electrons. The van der Waals surface area contributed by atoms with Gasteiger partial charge < -0.3 is 14.6 Å². The van der Waals surface area contributed by atoms with Crippen molar-refractivity contribution in [2.75, 3.05) is 32.3 Å². The number of hydrogen-bond acceptors (Lipinski definition) is 7. The maximum Gasteiger partial charge on any atom is 0.263 e. The number of aliphatic hydroxyl groups is 1. The highest BCUT2D eigenvalue weighted by Crippen LogP contribution is 2.37. The number of carbonyl (C=O) groups excluding carboxylic acids is 2. The van der Waals surface area contributed by atoms with Gasteiger partial charge in [0.15, 0.2) is 11.5 Å². The Kier molecular flexibility index (Phi) is 11.6. The van der Waals surface area contributed by atoms with Gasteiger partial charge in [0.25, 0.3) is 11.8 Å². The minimum atomic E-state index is -3.58. The van der Waals surface area contributed by atoms with E-state index in [1.807, 2.05) is 6.92 Å². The molecular formula is C31H39NO7S. The number of ether oxygens (including phenoxy) is 2. The Morgan fingerprint density at radius 2 is 1.65 bits per heavy atom. The lowest BCUT2D eigenvalue weighted by Gasteiger charge is -2.26. The summed E-state index contributed by atoms with van der Waals surface area (Å²) in [4.78, 5) is 28.3. The molecule has 0 fully saturated rings. The van der Waals surface area contributed by atoms with Crippen LogP contribution in [0, 0.1) is 11.8 Å².